The number of hydrogen-bond acceptors (Lipinski definition) is 0. The summed E-state index contributed by atoms with van der Waals surface area (Å²) >= 11 is 0. The summed E-state index contributed by atoms with van der Waals surface area (Å²) in [7, 11) is -3.72. The van der Waals surface area contributed by atoms with Crippen LogP contribution in [-0.4, -0.2) is 0 Å². The van der Waals surface area contributed by atoms with Crippen molar-refractivity contribution < 1.29 is 7.77 Å². The van der Waals surface area contributed by atoms with E-state index in [1.54, 1.807) is 30.4 Å². The summed E-state index contributed by atoms with van der Waals surface area (Å²) in [5.74, 6) is 0. The predicted molar refractivity (Wildman–Crippen MR) is 52.7 cm³/mol. The van der Waals surface area contributed by atoms with Crippen LogP contribution in [0, 0.1) is 0 Å². The maximum absolute atomic E-state index is 13.4. The molecule has 0 nitrogen and oxygen atoms in total. The van der Waals surface area contributed by atoms with Crippen molar-refractivity contribution in [3.63, 3.8) is 0 Å². The van der Waals surface area contributed by atoms with Gasteiger partial charge in [-0.3, -0.25) is 0 Å². The molecule has 0 saturated carbocycles. The lowest BCUT2D eigenvalue weighted by molar-refractivity contribution is 0.758. The van der Waals surface area contributed by atoms with E-state index in [4.69, 9.17) is 0 Å². The second kappa shape index (κ2) is 3.00. The van der Waals surface area contributed by atoms with E-state index in [0.29, 0.717) is 5.56 Å². The predicted octanol–water partition coefficient (Wildman–Crippen LogP) is 4.16. The Labute approximate surface area is 77.5 Å². The fraction of sp³-hybridized carbons (Fsp3) is 0. The average Bonchev–Trinajstić information content (AvgIpc) is 2.26. The molecule has 3 heteroatoms. The Kier molecular flexibility index (Phi) is 1.96. The number of fused-ring (bicyclic) bond motifs is 1. The standard InChI is InChI=1S/C10H8F2S/c11-13(12)8-4-3-6-9-5-1-2-7-10(9)13/h1-8H. The Hall–Kier alpha value is -1.09. The summed E-state index contributed by atoms with van der Waals surface area (Å²) in [4.78, 5) is 0.153. The molecule has 0 amide bonds. The molecule has 13 heavy (non-hydrogen) atoms. The van der Waals surface area contributed by atoms with Crippen LogP contribution in [0.15, 0.2) is 46.7 Å². The highest BCUT2D eigenvalue weighted by Crippen LogP contribution is 2.62. The third kappa shape index (κ3) is 1.52. The molecule has 1 aliphatic heterocycles. The van der Waals surface area contributed by atoms with Gasteiger partial charge in [0.15, 0.2) is 0 Å². The van der Waals surface area contributed by atoms with Crippen molar-refractivity contribution in [2.24, 2.45) is 0 Å². The smallest absolute Gasteiger partial charge is 0.107 e. The molecule has 1 aliphatic rings. The molecule has 0 N–H and O–H groups in total. The number of allylic oxidation sites excluding steroid dienone is 2. The summed E-state index contributed by atoms with van der Waals surface area (Å²) in [6, 6.07) is 6.61. The summed E-state index contributed by atoms with van der Waals surface area (Å²) in [6.07, 6.45) is 4.77. The van der Waals surface area contributed by atoms with Gasteiger partial charge < -0.3 is 0 Å². The first-order valence-electron chi connectivity index (χ1n) is 3.86. The zero-order chi connectivity index (χ0) is 9.31. The lowest BCUT2D eigenvalue weighted by Crippen LogP contribution is -1.85. The summed E-state index contributed by atoms with van der Waals surface area (Å²) in [5, 5.41) is 0.995. The van der Waals surface area contributed by atoms with Crippen molar-refractivity contribution in [1.29, 1.82) is 0 Å². The normalized spacial score (nSPS) is 20.5. The van der Waals surface area contributed by atoms with E-state index in [-0.39, 0.29) is 4.90 Å². The Bertz CT molecular complexity index is 380. The fourth-order valence-corrected chi connectivity index (χ4v) is 2.39. The zero-order valence-corrected chi connectivity index (χ0v) is 7.60. The van der Waals surface area contributed by atoms with E-state index in [0.717, 1.165) is 5.41 Å². The molecule has 68 valence electrons. The van der Waals surface area contributed by atoms with Crippen molar-refractivity contribution >= 4 is 16.9 Å². The lowest BCUT2D eigenvalue weighted by atomic mass is 10.2. The minimum atomic E-state index is -3.72. The van der Waals surface area contributed by atoms with Gasteiger partial charge in [0.1, 0.15) is 10.8 Å². The van der Waals surface area contributed by atoms with Crippen LogP contribution >= 0.6 is 10.8 Å². The van der Waals surface area contributed by atoms with Gasteiger partial charge in [-0.2, -0.15) is 0 Å². The van der Waals surface area contributed by atoms with Gasteiger partial charge in [0.05, 0.1) is 4.90 Å². The zero-order valence-electron chi connectivity index (χ0n) is 6.78. The molecule has 0 unspecified atom stereocenters. The third-order valence-electron chi connectivity index (χ3n) is 1.85. The molecule has 1 heterocycles. The van der Waals surface area contributed by atoms with Crippen LogP contribution in [0.5, 0.6) is 0 Å². The second-order valence-corrected chi connectivity index (χ2v) is 4.46. The summed E-state index contributed by atoms with van der Waals surface area (Å²) < 4.78 is 26.8. The topological polar surface area (TPSA) is 0 Å². The highest BCUT2D eigenvalue weighted by atomic mass is 32.3. The van der Waals surface area contributed by atoms with E-state index in [1.165, 1.54) is 12.1 Å². The largest absolute Gasteiger partial charge is 0.148 e. The summed E-state index contributed by atoms with van der Waals surface area (Å²) in [5.41, 5.74) is 0.618. The number of hydrogen-bond donors (Lipinski definition) is 0. The number of rotatable bonds is 0. The highest BCUT2D eigenvalue weighted by molar-refractivity contribution is 8.27. The number of halogens is 2. The van der Waals surface area contributed by atoms with Gasteiger partial charge in [-0.15, -0.1) is 7.77 Å². The molecule has 0 fully saturated rings. The van der Waals surface area contributed by atoms with Crippen molar-refractivity contribution in [3.05, 3.63) is 47.4 Å². The minimum Gasteiger partial charge on any atom is -0.148 e. The molecule has 1 aromatic carbocycles. The molecule has 0 radical (unpaired) electrons. The molecular weight excluding hydrogens is 190 g/mol. The van der Waals surface area contributed by atoms with E-state index in [1.807, 2.05) is 0 Å². The summed E-state index contributed by atoms with van der Waals surface area (Å²) in [6.45, 7) is 0. The van der Waals surface area contributed by atoms with Crippen molar-refractivity contribution in [2.75, 3.05) is 0 Å². The lowest BCUT2D eigenvalue weighted by Gasteiger charge is -2.17. The molecule has 0 spiro atoms. The third-order valence-corrected chi connectivity index (χ3v) is 3.31. The van der Waals surface area contributed by atoms with E-state index in [9.17, 15) is 7.77 Å². The molecule has 0 aliphatic carbocycles. The van der Waals surface area contributed by atoms with Crippen molar-refractivity contribution in [1.82, 2.24) is 0 Å². The Morgan fingerprint density at radius 2 is 1.77 bits per heavy atom. The maximum atomic E-state index is 13.4. The maximum Gasteiger partial charge on any atom is 0.107 e. The molecular formula is C10H8F2S. The molecule has 2 rings (SSSR count). The Morgan fingerprint density at radius 3 is 2.62 bits per heavy atom. The van der Waals surface area contributed by atoms with Gasteiger partial charge in [-0.25, -0.2) is 0 Å². The first kappa shape index (κ1) is 8.51. The Balaban J connectivity index is 2.64. The fourth-order valence-electron chi connectivity index (χ4n) is 1.24. The van der Waals surface area contributed by atoms with Gasteiger partial charge in [-0.1, -0.05) is 36.4 Å². The van der Waals surface area contributed by atoms with Gasteiger partial charge in [0, 0.05) is 5.41 Å². The van der Waals surface area contributed by atoms with Crippen LogP contribution in [-0.2, 0) is 0 Å². The second-order valence-electron chi connectivity index (χ2n) is 2.73. The van der Waals surface area contributed by atoms with Crippen LogP contribution < -0.4 is 0 Å². The molecule has 0 bridgehead atoms. The van der Waals surface area contributed by atoms with E-state index >= 15 is 0 Å². The first-order chi connectivity index (χ1) is 6.20. The van der Waals surface area contributed by atoms with Gasteiger partial charge in [-0.05, 0) is 11.6 Å². The van der Waals surface area contributed by atoms with Crippen LogP contribution in [0.3, 0.4) is 0 Å². The van der Waals surface area contributed by atoms with Crippen LogP contribution in [0.2, 0.25) is 0 Å². The average molecular weight is 198 g/mol. The van der Waals surface area contributed by atoms with Gasteiger partial charge in [0.25, 0.3) is 0 Å². The highest BCUT2D eigenvalue weighted by Gasteiger charge is 2.24. The van der Waals surface area contributed by atoms with Crippen LogP contribution in [0.25, 0.3) is 6.08 Å². The van der Waals surface area contributed by atoms with Crippen molar-refractivity contribution in [3.8, 4) is 0 Å². The van der Waals surface area contributed by atoms with Crippen LogP contribution in [0.4, 0.5) is 7.77 Å². The van der Waals surface area contributed by atoms with E-state index < -0.39 is 10.8 Å². The first-order valence-corrected chi connectivity index (χ1v) is 5.36. The quantitative estimate of drug-likeness (QED) is 0.587. The van der Waals surface area contributed by atoms with Crippen molar-refractivity contribution in [2.45, 2.75) is 4.90 Å². The van der Waals surface area contributed by atoms with Gasteiger partial charge >= 0.3 is 0 Å². The minimum absolute atomic E-state index is 0.153. The monoisotopic (exact) mass is 198 g/mol. The van der Waals surface area contributed by atoms with Crippen LogP contribution in [0.1, 0.15) is 5.56 Å². The number of benzene rings is 1. The molecule has 1 aromatic rings. The SMILES string of the molecule is FS1(F)C=CC=Cc2ccccc21. The molecule has 0 aromatic heterocycles. The Morgan fingerprint density at radius 1 is 1.00 bits per heavy atom. The van der Waals surface area contributed by atoms with Gasteiger partial charge in [0.2, 0.25) is 0 Å². The molecule has 0 saturated heterocycles. The van der Waals surface area contributed by atoms with E-state index in [2.05, 4.69) is 0 Å². The molecule has 0 atom stereocenters.